The van der Waals surface area contributed by atoms with Crippen molar-refractivity contribution < 1.29 is 4.74 Å². The molecule has 0 saturated heterocycles. The SMILES string of the molecule is CCCCCOCC(NCCC)c1ccc(CCC)cc1. The third-order valence-electron chi connectivity index (χ3n) is 3.74. The van der Waals surface area contributed by atoms with Gasteiger partial charge in [-0.05, 0) is 36.9 Å². The maximum absolute atomic E-state index is 5.86. The smallest absolute Gasteiger partial charge is 0.0661 e. The molecule has 0 amide bonds. The molecule has 1 unspecified atom stereocenters. The molecule has 0 spiro atoms. The minimum Gasteiger partial charge on any atom is -0.379 e. The van der Waals surface area contributed by atoms with Gasteiger partial charge in [-0.3, -0.25) is 0 Å². The molecular formula is C19H33NO. The Balaban J connectivity index is 2.50. The van der Waals surface area contributed by atoms with E-state index in [9.17, 15) is 0 Å². The fourth-order valence-corrected chi connectivity index (χ4v) is 2.45. The lowest BCUT2D eigenvalue weighted by atomic mass is 10.0. The fraction of sp³-hybridized carbons (Fsp3) is 0.684. The molecule has 0 saturated carbocycles. The second-order valence-electron chi connectivity index (χ2n) is 5.78. The van der Waals surface area contributed by atoms with Gasteiger partial charge in [0.15, 0.2) is 0 Å². The molecule has 0 aliphatic carbocycles. The molecule has 0 aliphatic heterocycles. The van der Waals surface area contributed by atoms with Crippen molar-refractivity contribution in [1.29, 1.82) is 0 Å². The fourth-order valence-electron chi connectivity index (χ4n) is 2.45. The summed E-state index contributed by atoms with van der Waals surface area (Å²) >= 11 is 0. The molecule has 0 bridgehead atoms. The first-order valence-corrected chi connectivity index (χ1v) is 8.71. The molecule has 0 heterocycles. The molecule has 1 N–H and O–H groups in total. The molecule has 1 aromatic carbocycles. The molecular weight excluding hydrogens is 258 g/mol. The van der Waals surface area contributed by atoms with Gasteiger partial charge in [0.25, 0.3) is 0 Å². The number of aryl methyl sites for hydroxylation is 1. The average Bonchev–Trinajstić information content (AvgIpc) is 2.51. The Morgan fingerprint density at radius 1 is 0.952 bits per heavy atom. The van der Waals surface area contributed by atoms with Crippen LogP contribution in [0, 0.1) is 0 Å². The van der Waals surface area contributed by atoms with E-state index in [4.69, 9.17) is 4.74 Å². The van der Waals surface area contributed by atoms with Gasteiger partial charge in [0.2, 0.25) is 0 Å². The van der Waals surface area contributed by atoms with E-state index < -0.39 is 0 Å². The third kappa shape index (κ3) is 7.63. The van der Waals surface area contributed by atoms with Crippen LogP contribution in [-0.4, -0.2) is 19.8 Å². The monoisotopic (exact) mass is 291 g/mol. The van der Waals surface area contributed by atoms with Crippen LogP contribution in [0.4, 0.5) is 0 Å². The van der Waals surface area contributed by atoms with Gasteiger partial charge in [-0.1, -0.05) is 64.3 Å². The van der Waals surface area contributed by atoms with E-state index in [-0.39, 0.29) is 0 Å². The highest BCUT2D eigenvalue weighted by Gasteiger charge is 2.10. The van der Waals surface area contributed by atoms with E-state index in [1.807, 2.05) is 0 Å². The van der Waals surface area contributed by atoms with Crippen LogP contribution in [0.15, 0.2) is 24.3 Å². The summed E-state index contributed by atoms with van der Waals surface area (Å²) in [6, 6.07) is 9.36. The molecule has 1 rings (SSSR count). The van der Waals surface area contributed by atoms with Crippen LogP contribution in [0.25, 0.3) is 0 Å². The normalized spacial score (nSPS) is 12.5. The molecule has 0 aromatic heterocycles. The minimum atomic E-state index is 0.322. The highest BCUT2D eigenvalue weighted by atomic mass is 16.5. The van der Waals surface area contributed by atoms with Crippen LogP contribution >= 0.6 is 0 Å². The molecule has 1 atom stereocenters. The summed E-state index contributed by atoms with van der Waals surface area (Å²) in [5, 5.41) is 3.60. The number of hydrogen-bond acceptors (Lipinski definition) is 2. The van der Waals surface area contributed by atoms with Gasteiger partial charge < -0.3 is 10.1 Å². The summed E-state index contributed by atoms with van der Waals surface area (Å²) in [4.78, 5) is 0. The largest absolute Gasteiger partial charge is 0.379 e. The summed E-state index contributed by atoms with van der Waals surface area (Å²) in [5.41, 5.74) is 2.78. The van der Waals surface area contributed by atoms with E-state index >= 15 is 0 Å². The van der Waals surface area contributed by atoms with Crippen LogP contribution in [0.5, 0.6) is 0 Å². The van der Waals surface area contributed by atoms with Crippen LogP contribution in [0.3, 0.4) is 0 Å². The first kappa shape index (κ1) is 18.2. The number of rotatable bonds is 12. The lowest BCUT2D eigenvalue weighted by Crippen LogP contribution is -2.26. The molecule has 21 heavy (non-hydrogen) atoms. The lowest BCUT2D eigenvalue weighted by molar-refractivity contribution is 0.108. The van der Waals surface area contributed by atoms with E-state index in [1.54, 1.807) is 0 Å². The van der Waals surface area contributed by atoms with Crippen molar-refractivity contribution in [3.8, 4) is 0 Å². The quantitative estimate of drug-likeness (QED) is 0.554. The van der Waals surface area contributed by atoms with E-state index in [0.29, 0.717) is 6.04 Å². The molecule has 0 fully saturated rings. The van der Waals surface area contributed by atoms with Crippen molar-refractivity contribution in [2.45, 2.75) is 65.3 Å². The molecule has 1 aromatic rings. The first-order valence-electron chi connectivity index (χ1n) is 8.71. The Hall–Kier alpha value is -0.860. The van der Waals surface area contributed by atoms with Gasteiger partial charge in [-0.2, -0.15) is 0 Å². The Kier molecular flexibility index (Phi) is 10.2. The second-order valence-corrected chi connectivity index (χ2v) is 5.78. The zero-order valence-corrected chi connectivity index (χ0v) is 14.2. The standard InChI is InChI=1S/C19H33NO/c1-4-7-8-15-21-16-19(20-14-6-3)18-12-10-17(9-5-2)11-13-18/h10-13,19-20H,4-9,14-16H2,1-3H3. The van der Waals surface area contributed by atoms with Crippen molar-refractivity contribution in [2.24, 2.45) is 0 Å². The summed E-state index contributed by atoms with van der Waals surface area (Å²) in [5.74, 6) is 0. The van der Waals surface area contributed by atoms with E-state index in [2.05, 4.69) is 50.4 Å². The molecule has 0 radical (unpaired) electrons. The van der Waals surface area contributed by atoms with Crippen LogP contribution in [-0.2, 0) is 11.2 Å². The Bertz CT molecular complexity index is 347. The maximum Gasteiger partial charge on any atom is 0.0661 e. The highest BCUT2D eigenvalue weighted by molar-refractivity contribution is 5.25. The zero-order valence-electron chi connectivity index (χ0n) is 14.2. The summed E-state index contributed by atoms with van der Waals surface area (Å²) in [7, 11) is 0. The van der Waals surface area contributed by atoms with Crippen molar-refractivity contribution in [3.63, 3.8) is 0 Å². The number of unbranched alkanes of at least 4 members (excludes halogenated alkanes) is 2. The van der Waals surface area contributed by atoms with Gasteiger partial charge >= 0.3 is 0 Å². The van der Waals surface area contributed by atoms with Crippen LogP contribution < -0.4 is 5.32 Å². The summed E-state index contributed by atoms with van der Waals surface area (Å²) < 4.78 is 5.86. The predicted octanol–water partition coefficient (Wildman–Crippen LogP) is 4.89. The van der Waals surface area contributed by atoms with Gasteiger partial charge in [0.05, 0.1) is 12.6 Å². The van der Waals surface area contributed by atoms with E-state index in [1.165, 1.54) is 43.2 Å². The molecule has 120 valence electrons. The average molecular weight is 291 g/mol. The van der Waals surface area contributed by atoms with Crippen molar-refractivity contribution in [2.75, 3.05) is 19.8 Å². The molecule has 2 heteroatoms. The van der Waals surface area contributed by atoms with Gasteiger partial charge in [0, 0.05) is 6.61 Å². The molecule has 2 nitrogen and oxygen atoms in total. The number of ether oxygens (including phenoxy) is 1. The highest BCUT2D eigenvalue weighted by Crippen LogP contribution is 2.16. The van der Waals surface area contributed by atoms with Crippen molar-refractivity contribution in [3.05, 3.63) is 35.4 Å². The number of nitrogens with one attached hydrogen (secondary N) is 1. The van der Waals surface area contributed by atoms with E-state index in [0.717, 1.165) is 26.2 Å². The van der Waals surface area contributed by atoms with Crippen LogP contribution in [0.1, 0.15) is 70.0 Å². The summed E-state index contributed by atoms with van der Waals surface area (Å²) in [6.07, 6.45) is 7.21. The zero-order chi connectivity index (χ0) is 15.3. The van der Waals surface area contributed by atoms with Crippen LogP contribution in [0.2, 0.25) is 0 Å². The van der Waals surface area contributed by atoms with Gasteiger partial charge in [-0.15, -0.1) is 0 Å². The Morgan fingerprint density at radius 3 is 2.33 bits per heavy atom. The number of benzene rings is 1. The van der Waals surface area contributed by atoms with Gasteiger partial charge in [-0.25, -0.2) is 0 Å². The second kappa shape index (κ2) is 11.8. The topological polar surface area (TPSA) is 21.3 Å². The predicted molar refractivity (Wildman–Crippen MR) is 91.8 cm³/mol. The van der Waals surface area contributed by atoms with Crippen molar-refractivity contribution >= 4 is 0 Å². The van der Waals surface area contributed by atoms with Crippen molar-refractivity contribution in [1.82, 2.24) is 5.32 Å². The lowest BCUT2D eigenvalue weighted by Gasteiger charge is -2.19. The molecule has 0 aliphatic rings. The first-order chi connectivity index (χ1) is 10.3. The summed E-state index contributed by atoms with van der Waals surface area (Å²) in [6.45, 7) is 9.35. The minimum absolute atomic E-state index is 0.322. The Labute approximate surface area is 131 Å². The third-order valence-corrected chi connectivity index (χ3v) is 3.74. The van der Waals surface area contributed by atoms with Gasteiger partial charge in [0.1, 0.15) is 0 Å². The Morgan fingerprint density at radius 2 is 1.71 bits per heavy atom. The number of hydrogen-bond donors (Lipinski definition) is 1. The maximum atomic E-state index is 5.86.